The molecule has 0 spiro atoms. The molecule has 1 aromatic rings. The van der Waals surface area contributed by atoms with Crippen molar-refractivity contribution < 1.29 is 9.53 Å². The van der Waals surface area contributed by atoms with Crippen LogP contribution in [0.25, 0.3) is 0 Å². The van der Waals surface area contributed by atoms with Gasteiger partial charge >= 0.3 is 0 Å². The highest BCUT2D eigenvalue weighted by Gasteiger charge is 2.39. The second-order valence-electron chi connectivity index (χ2n) is 4.72. The van der Waals surface area contributed by atoms with E-state index in [1.807, 2.05) is 37.3 Å². The van der Waals surface area contributed by atoms with E-state index in [9.17, 15) is 4.79 Å². The number of ketones is 1. The molecule has 2 nitrogen and oxygen atoms in total. The third kappa shape index (κ3) is 2.57. The molecule has 1 aliphatic rings. The maximum Gasteiger partial charge on any atom is 0.202 e. The Morgan fingerprint density at radius 2 is 1.94 bits per heavy atom. The van der Waals surface area contributed by atoms with Gasteiger partial charge in [-0.3, -0.25) is 4.79 Å². The molecule has 1 aromatic carbocycles. The number of carbonyl (C=O) groups excluding carboxylic acids is 1. The molecule has 0 bridgehead atoms. The lowest BCUT2D eigenvalue weighted by Crippen LogP contribution is -2.35. The van der Waals surface area contributed by atoms with Crippen LogP contribution >= 0.6 is 0 Å². The minimum Gasteiger partial charge on any atom is -0.483 e. The third-order valence-electron chi connectivity index (χ3n) is 3.05. The Hall–Kier alpha value is -1.57. The van der Waals surface area contributed by atoms with Gasteiger partial charge in [0.05, 0.1) is 0 Å². The summed E-state index contributed by atoms with van der Waals surface area (Å²) in [7, 11) is 0. The molecular formula is C15H18O2. The van der Waals surface area contributed by atoms with E-state index in [0.717, 1.165) is 24.2 Å². The molecule has 0 fully saturated rings. The molecule has 1 heterocycles. The monoisotopic (exact) mass is 230 g/mol. The van der Waals surface area contributed by atoms with Crippen molar-refractivity contribution >= 4 is 5.78 Å². The van der Waals surface area contributed by atoms with Gasteiger partial charge in [0.25, 0.3) is 0 Å². The first-order valence-electron chi connectivity index (χ1n) is 6.12. The average molecular weight is 230 g/mol. The zero-order chi connectivity index (χ0) is 12.3. The second kappa shape index (κ2) is 4.74. The Balaban J connectivity index is 2.10. The van der Waals surface area contributed by atoms with Gasteiger partial charge in [-0.05, 0) is 18.9 Å². The van der Waals surface area contributed by atoms with E-state index < -0.39 is 5.60 Å². The van der Waals surface area contributed by atoms with Gasteiger partial charge in [-0.15, -0.1) is 0 Å². The lowest BCUT2D eigenvalue weighted by atomic mass is 9.93. The minimum absolute atomic E-state index is 0.0878. The van der Waals surface area contributed by atoms with Crippen LogP contribution in [0, 0.1) is 0 Å². The molecule has 0 amide bonds. The highest BCUT2D eigenvalue weighted by atomic mass is 16.5. The van der Waals surface area contributed by atoms with Crippen LogP contribution in [0.15, 0.2) is 42.2 Å². The highest BCUT2D eigenvalue weighted by Crippen LogP contribution is 2.30. The Kier molecular flexibility index (Phi) is 3.32. The number of ether oxygens (including phenoxy) is 1. The molecule has 0 aliphatic carbocycles. The summed E-state index contributed by atoms with van der Waals surface area (Å²) < 4.78 is 5.82. The Morgan fingerprint density at radius 3 is 2.59 bits per heavy atom. The van der Waals surface area contributed by atoms with Gasteiger partial charge in [0.2, 0.25) is 5.78 Å². The fourth-order valence-electron chi connectivity index (χ4n) is 2.15. The number of allylic oxidation sites excluding steroid dienone is 1. The molecule has 17 heavy (non-hydrogen) atoms. The summed E-state index contributed by atoms with van der Waals surface area (Å²) in [4.78, 5) is 12.0. The maximum atomic E-state index is 12.0. The van der Waals surface area contributed by atoms with Crippen LogP contribution in [-0.2, 0) is 16.0 Å². The first-order valence-corrected chi connectivity index (χ1v) is 6.12. The molecule has 2 rings (SSSR count). The highest BCUT2D eigenvalue weighted by molar-refractivity contribution is 5.99. The van der Waals surface area contributed by atoms with E-state index in [4.69, 9.17) is 4.74 Å². The Morgan fingerprint density at radius 1 is 1.24 bits per heavy atom. The lowest BCUT2D eigenvalue weighted by Gasteiger charge is -2.24. The number of benzene rings is 1. The van der Waals surface area contributed by atoms with Crippen molar-refractivity contribution in [3.8, 4) is 0 Å². The average Bonchev–Trinajstić information content (AvgIpc) is 2.56. The summed E-state index contributed by atoms with van der Waals surface area (Å²) >= 11 is 0. The molecule has 0 radical (unpaired) electrons. The van der Waals surface area contributed by atoms with Crippen molar-refractivity contribution in [2.75, 3.05) is 0 Å². The minimum atomic E-state index is -0.703. The summed E-state index contributed by atoms with van der Waals surface area (Å²) in [5.41, 5.74) is 0.431. The maximum absolute atomic E-state index is 12.0. The van der Waals surface area contributed by atoms with Crippen LogP contribution in [0.5, 0.6) is 0 Å². The molecule has 0 N–H and O–H groups in total. The largest absolute Gasteiger partial charge is 0.483 e. The van der Waals surface area contributed by atoms with Crippen molar-refractivity contribution in [1.82, 2.24) is 0 Å². The zero-order valence-corrected chi connectivity index (χ0v) is 10.4. The van der Waals surface area contributed by atoms with Crippen LogP contribution < -0.4 is 0 Å². The van der Waals surface area contributed by atoms with E-state index in [0.29, 0.717) is 6.42 Å². The third-order valence-corrected chi connectivity index (χ3v) is 3.05. The predicted molar refractivity (Wildman–Crippen MR) is 67.6 cm³/mol. The lowest BCUT2D eigenvalue weighted by molar-refractivity contribution is -0.128. The van der Waals surface area contributed by atoms with Crippen molar-refractivity contribution in [1.29, 1.82) is 0 Å². The second-order valence-corrected chi connectivity index (χ2v) is 4.72. The first kappa shape index (κ1) is 11.9. The molecule has 1 atom stereocenters. The van der Waals surface area contributed by atoms with Crippen molar-refractivity contribution in [2.45, 2.75) is 38.7 Å². The normalized spacial score (nSPS) is 23.4. The first-order chi connectivity index (χ1) is 8.14. The summed E-state index contributed by atoms with van der Waals surface area (Å²) in [5.74, 6) is 0.917. The summed E-state index contributed by atoms with van der Waals surface area (Å²) in [6.07, 6.45) is 4.14. The van der Waals surface area contributed by atoms with Crippen molar-refractivity contribution in [2.24, 2.45) is 0 Å². The predicted octanol–water partition coefficient (Wildman–Crippen LogP) is 3.27. The van der Waals surface area contributed by atoms with Gasteiger partial charge in [-0.25, -0.2) is 0 Å². The number of hydrogen-bond donors (Lipinski definition) is 0. The molecular weight excluding hydrogens is 212 g/mol. The van der Waals surface area contributed by atoms with E-state index in [-0.39, 0.29) is 5.78 Å². The van der Waals surface area contributed by atoms with E-state index in [1.165, 1.54) is 0 Å². The topological polar surface area (TPSA) is 26.3 Å². The summed E-state index contributed by atoms with van der Waals surface area (Å²) in [5, 5.41) is 0. The molecule has 0 saturated heterocycles. The zero-order valence-electron chi connectivity index (χ0n) is 10.4. The van der Waals surface area contributed by atoms with Crippen LogP contribution in [-0.4, -0.2) is 11.4 Å². The van der Waals surface area contributed by atoms with Gasteiger partial charge in [0, 0.05) is 18.9 Å². The van der Waals surface area contributed by atoms with E-state index in [1.54, 1.807) is 6.08 Å². The van der Waals surface area contributed by atoms with E-state index >= 15 is 0 Å². The van der Waals surface area contributed by atoms with Gasteiger partial charge in [-0.1, -0.05) is 37.3 Å². The summed E-state index contributed by atoms with van der Waals surface area (Å²) in [6, 6.07) is 10.0. The van der Waals surface area contributed by atoms with E-state index in [2.05, 4.69) is 6.92 Å². The quantitative estimate of drug-likeness (QED) is 0.793. The van der Waals surface area contributed by atoms with Crippen molar-refractivity contribution in [3.05, 3.63) is 47.7 Å². The SMILES string of the molecule is CCCC1=CC(=O)C(C)(Cc2ccccc2)O1. The van der Waals surface area contributed by atoms with Gasteiger partial charge in [-0.2, -0.15) is 0 Å². The van der Waals surface area contributed by atoms with Gasteiger partial charge in [0.1, 0.15) is 5.76 Å². The summed E-state index contributed by atoms with van der Waals surface area (Å²) in [6.45, 7) is 3.96. The van der Waals surface area contributed by atoms with Crippen LogP contribution in [0.4, 0.5) is 0 Å². The smallest absolute Gasteiger partial charge is 0.202 e. The fraction of sp³-hybridized carbons (Fsp3) is 0.400. The van der Waals surface area contributed by atoms with Crippen LogP contribution in [0.2, 0.25) is 0 Å². The number of rotatable bonds is 4. The number of hydrogen-bond acceptors (Lipinski definition) is 2. The standard InChI is InChI=1S/C15H18O2/c1-3-7-13-10-14(16)15(2,17-13)11-12-8-5-4-6-9-12/h4-6,8-10H,3,7,11H2,1-2H3. The van der Waals surface area contributed by atoms with Gasteiger partial charge in [0.15, 0.2) is 5.60 Å². The molecule has 90 valence electrons. The van der Waals surface area contributed by atoms with Crippen LogP contribution in [0.1, 0.15) is 32.3 Å². The van der Waals surface area contributed by atoms with Crippen molar-refractivity contribution in [3.63, 3.8) is 0 Å². The molecule has 1 aliphatic heterocycles. The van der Waals surface area contributed by atoms with Crippen LogP contribution in [0.3, 0.4) is 0 Å². The molecule has 1 unspecified atom stereocenters. The molecule has 0 aromatic heterocycles. The fourth-order valence-corrected chi connectivity index (χ4v) is 2.15. The van der Waals surface area contributed by atoms with Gasteiger partial charge < -0.3 is 4.74 Å². The Bertz CT molecular complexity index is 433. The molecule has 2 heteroatoms. The Labute approximate surface area is 102 Å². The number of carbonyl (C=O) groups is 1. The molecule has 0 saturated carbocycles.